The fourth-order valence-corrected chi connectivity index (χ4v) is 5.70. The fraction of sp³-hybridized carbons (Fsp3) is 0.767. The van der Waals surface area contributed by atoms with E-state index < -0.39 is 69.9 Å². The Kier molecular flexibility index (Phi) is 22.0. The molecule has 1 aliphatic heterocycles. The second kappa shape index (κ2) is 24.7. The summed E-state index contributed by atoms with van der Waals surface area (Å²) >= 11 is -3.92. The monoisotopic (exact) mass is 732 g/mol. The van der Waals surface area contributed by atoms with Crippen LogP contribution in [0.5, 0.6) is 0 Å². The number of nitrogens with two attached hydrogens (primary N) is 1. The molecule has 5 N–H and O–H groups in total. The van der Waals surface area contributed by atoms with Crippen LogP contribution in [-0.2, 0) is 41.1 Å². The molecule has 4 amide bonds. The van der Waals surface area contributed by atoms with Crippen LogP contribution in [0, 0.1) is 5.92 Å². The van der Waals surface area contributed by atoms with Crippen LogP contribution >= 0.6 is 0 Å². The SMILES string of the molecule is CCN(CCN(CC)CC1CCN(CC(=O)N(CC(=O)O)CC(=O)NCCC(=O)NCCC(N)=O)CC1)CC(=O)[O][Al]([F])[O]C(=O)CN(C)C. The predicted octanol–water partition coefficient (Wildman–Crippen LogP) is -2.64. The van der Waals surface area contributed by atoms with Gasteiger partial charge in [0, 0.05) is 45.6 Å². The second-order valence-electron chi connectivity index (χ2n) is 12.3. The molecule has 0 bridgehead atoms. The van der Waals surface area contributed by atoms with Crippen molar-refractivity contribution in [2.45, 2.75) is 39.5 Å². The number of amides is 4. The van der Waals surface area contributed by atoms with Crippen molar-refractivity contribution in [1.29, 1.82) is 0 Å². The van der Waals surface area contributed by atoms with Crippen LogP contribution in [0.25, 0.3) is 0 Å². The van der Waals surface area contributed by atoms with Crippen LogP contribution < -0.4 is 16.4 Å². The maximum absolute atomic E-state index is 14.0. The first kappa shape index (κ1) is 44.6. The number of carbonyl (C=O) groups is 7. The van der Waals surface area contributed by atoms with Crippen LogP contribution in [0.4, 0.5) is 3.52 Å². The largest absolute Gasteiger partial charge is 1.15 e. The lowest BCUT2D eigenvalue weighted by Crippen LogP contribution is -2.49. The predicted molar refractivity (Wildman–Crippen MR) is 180 cm³/mol. The number of carboxylic acids is 1. The third kappa shape index (κ3) is 21.0. The van der Waals surface area contributed by atoms with Crippen molar-refractivity contribution in [2.24, 2.45) is 11.7 Å². The van der Waals surface area contributed by atoms with E-state index in [-0.39, 0.29) is 45.6 Å². The van der Waals surface area contributed by atoms with E-state index in [2.05, 4.69) is 19.3 Å². The van der Waals surface area contributed by atoms with Crippen LogP contribution in [0.2, 0.25) is 0 Å². The summed E-state index contributed by atoms with van der Waals surface area (Å²) in [6.45, 7) is 7.13. The van der Waals surface area contributed by atoms with Gasteiger partial charge in [-0.05, 0) is 59.0 Å². The van der Waals surface area contributed by atoms with E-state index in [9.17, 15) is 42.2 Å². The molecule has 284 valence electrons. The van der Waals surface area contributed by atoms with Gasteiger partial charge in [-0.2, -0.15) is 0 Å². The van der Waals surface area contributed by atoms with Crippen molar-refractivity contribution < 1.29 is 49.8 Å². The Balaban J connectivity index is 2.47. The quantitative estimate of drug-likeness (QED) is 0.0705. The molecule has 50 heavy (non-hydrogen) atoms. The average molecular weight is 733 g/mol. The van der Waals surface area contributed by atoms with Crippen LogP contribution in [-0.4, -0.2) is 192 Å². The number of carboxylic acid groups (broad SMARTS) is 1. The molecule has 0 atom stereocenters. The summed E-state index contributed by atoms with van der Waals surface area (Å²) in [7, 11) is 3.27. The Morgan fingerprint density at radius 1 is 0.840 bits per heavy atom. The molecule has 0 saturated carbocycles. The molecular formula is C30H54AlFN8O10. The molecule has 0 radical (unpaired) electrons. The summed E-state index contributed by atoms with van der Waals surface area (Å²) in [5, 5.41) is 14.3. The Morgan fingerprint density at radius 3 is 1.96 bits per heavy atom. The average Bonchev–Trinajstić information content (AvgIpc) is 3.01. The van der Waals surface area contributed by atoms with Gasteiger partial charge in [-0.1, -0.05) is 13.8 Å². The molecule has 20 heteroatoms. The number of hydrogen-bond acceptors (Lipinski definition) is 13. The van der Waals surface area contributed by atoms with Gasteiger partial charge in [-0.25, -0.2) is 0 Å². The highest BCUT2D eigenvalue weighted by Crippen LogP contribution is 2.18. The minimum absolute atomic E-state index is 0.00878. The molecule has 0 aromatic carbocycles. The summed E-state index contributed by atoms with van der Waals surface area (Å²) < 4.78 is 23.3. The number of primary amides is 1. The highest BCUT2D eigenvalue weighted by Gasteiger charge is 2.42. The Bertz CT molecular complexity index is 1130. The van der Waals surface area contributed by atoms with E-state index in [0.29, 0.717) is 38.6 Å². The Morgan fingerprint density at radius 2 is 1.40 bits per heavy atom. The first-order valence-corrected chi connectivity index (χ1v) is 18.2. The number of likely N-dealkylation sites (tertiary alicyclic amines) is 1. The van der Waals surface area contributed by atoms with Crippen molar-refractivity contribution in [3.63, 3.8) is 0 Å². The van der Waals surface area contributed by atoms with E-state index in [1.165, 1.54) is 4.90 Å². The summed E-state index contributed by atoms with van der Waals surface area (Å²) in [6.07, 6.45) is 1.55. The van der Waals surface area contributed by atoms with Gasteiger partial charge in [-0.15, -0.1) is 0 Å². The lowest BCUT2D eigenvalue weighted by atomic mass is 9.96. The lowest BCUT2D eigenvalue weighted by molar-refractivity contribution is -0.146. The molecule has 1 heterocycles. The van der Waals surface area contributed by atoms with Crippen LogP contribution in [0.3, 0.4) is 0 Å². The number of aliphatic carboxylic acids is 1. The number of hydrogen-bond donors (Lipinski definition) is 4. The number of nitrogens with one attached hydrogen (secondary N) is 2. The zero-order valence-electron chi connectivity index (χ0n) is 29.7. The summed E-state index contributed by atoms with van der Waals surface area (Å²) in [5.41, 5.74) is 5.02. The molecule has 0 aromatic rings. The van der Waals surface area contributed by atoms with Gasteiger partial charge in [-0.3, -0.25) is 48.3 Å². The number of carbonyl (C=O) groups excluding carboxylic acids is 6. The molecule has 0 unspecified atom stereocenters. The molecule has 18 nitrogen and oxygen atoms in total. The van der Waals surface area contributed by atoms with Gasteiger partial charge in [0.1, 0.15) is 13.1 Å². The van der Waals surface area contributed by atoms with Gasteiger partial charge >= 0.3 is 21.2 Å². The van der Waals surface area contributed by atoms with E-state index in [0.717, 1.165) is 30.8 Å². The number of piperidine rings is 1. The number of nitrogens with zero attached hydrogens (tertiary/aromatic N) is 5. The molecule has 1 rings (SSSR count). The highest BCUT2D eigenvalue weighted by molar-refractivity contribution is 6.41. The number of rotatable bonds is 25. The van der Waals surface area contributed by atoms with Gasteiger partial charge in [0.25, 0.3) is 11.9 Å². The first-order valence-electron chi connectivity index (χ1n) is 16.8. The third-order valence-corrected chi connectivity index (χ3v) is 8.73. The van der Waals surface area contributed by atoms with Crippen molar-refractivity contribution in [3.05, 3.63) is 0 Å². The smallest absolute Gasteiger partial charge is 0.558 e. The summed E-state index contributed by atoms with van der Waals surface area (Å²) in [6, 6.07) is 0. The first-order chi connectivity index (χ1) is 23.6. The molecule has 1 saturated heterocycles. The maximum atomic E-state index is 14.0. The van der Waals surface area contributed by atoms with Crippen molar-refractivity contribution in [2.75, 3.05) is 106 Å². The highest BCUT2D eigenvalue weighted by atomic mass is 27.3. The van der Waals surface area contributed by atoms with Gasteiger partial charge < -0.3 is 42.4 Å². The van der Waals surface area contributed by atoms with E-state index in [1.807, 2.05) is 23.6 Å². The molecule has 0 aliphatic carbocycles. The Labute approximate surface area is 298 Å². The lowest BCUT2D eigenvalue weighted by Gasteiger charge is -2.35. The molecule has 0 spiro atoms. The van der Waals surface area contributed by atoms with Gasteiger partial charge in [0.2, 0.25) is 23.6 Å². The molecule has 1 aliphatic rings. The Hall–Kier alpha value is -3.41. The normalized spacial score (nSPS) is 13.6. The third-order valence-electron chi connectivity index (χ3n) is 7.84. The van der Waals surface area contributed by atoms with Crippen LogP contribution in [0.15, 0.2) is 0 Å². The zero-order chi connectivity index (χ0) is 37.6. The molecular weight excluding hydrogens is 678 g/mol. The minimum Gasteiger partial charge on any atom is -0.558 e. The molecule has 0 aromatic heterocycles. The van der Waals surface area contributed by atoms with E-state index in [4.69, 9.17) is 9.52 Å². The topological polar surface area (TPSA) is 224 Å². The van der Waals surface area contributed by atoms with E-state index >= 15 is 0 Å². The van der Waals surface area contributed by atoms with Crippen molar-refractivity contribution >= 4 is 56.8 Å². The number of halogens is 1. The second-order valence-corrected chi connectivity index (χ2v) is 13.3. The summed E-state index contributed by atoms with van der Waals surface area (Å²) in [5.74, 6) is -4.52. The van der Waals surface area contributed by atoms with E-state index in [1.54, 1.807) is 14.1 Å². The van der Waals surface area contributed by atoms with Crippen molar-refractivity contribution in [3.8, 4) is 0 Å². The minimum atomic E-state index is -3.92. The van der Waals surface area contributed by atoms with Gasteiger partial charge in [0.05, 0.1) is 19.6 Å². The summed E-state index contributed by atoms with van der Waals surface area (Å²) in [4.78, 5) is 91.7. The molecule has 1 fully saturated rings. The maximum Gasteiger partial charge on any atom is 1.15 e. The van der Waals surface area contributed by atoms with Gasteiger partial charge in [0.15, 0.2) is 0 Å². The van der Waals surface area contributed by atoms with Crippen molar-refractivity contribution in [1.82, 2.24) is 35.1 Å². The zero-order valence-corrected chi connectivity index (χ0v) is 30.9. The number of likely N-dealkylation sites (N-methyl/N-ethyl adjacent to an activating group) is 3. The fourth-order valence-electron chi connectivity index (χ4n) is 5.09. The van der Waals surface area contributed by atoms with Crippen LogP contribution in [0.1, 0.15) is 39.5 Å². The standard InChI is InChI=1S/C26H47N7O8.C4H9NO2.Al.FH/c1-3-30(13-14-31(4-2)18-25(38)39)15-20-7-11-32(12-8-20)17-24(37)33(19-26(40)41)16-23(36)29-10-6-22(35)28-9-5-21(27)34;1-5(2)3-4(6)7;;/h20H,3-19H2,1-2H3,(H2,27,34)(H,28,35)(H,29,36)(H,38,39)(H,40,41);3H2,1-2H3,(H,6,7);;1H/q;;+3;/p-3.